The number of carboxylic acids is 1. The molecule has 0 aliphatic heterocycles. The molecule has 2 unspecified atom stereocenters. The summed E-state index contributed by atoms with van der Waals surface area (Å²) >= 11 is 0. The fourth-order valence-corrected chi connectivity index (χ4v) is 1.78. The van der Waals surface area contributed by atoms with Crippen molar-refractivity contribution in [2.24, 2.45) is 5.73 Å². The fourth-order valence-electron chi connectivity index (χ4n) is 1.78. The van der Waals surface area contributed by atoms with E-state index >= 15 is 0 Å². The topological polar surface area (TPSA) is 63.3 Å². The molecule has 0 fully saturated rings. The fraction of sp³-hybridized carbons (Fsp3) is 0.182. The Hall–Kier alpha value is -1.61. The molecule has 1 aromatic rings. The lowest BCUT2D eigenvalue weighted by Gasteiger charge is -2.23. The maximum absolute atomic E-state index is 11.0. The van der Waals surface area contributed by atoms with Crippen LogP contribution in [0, 0.1) is 0 Å². The van der Waals surface area contributed by atoms with Crippen molar-refractivity contribution in [1.29, 1.82) is 0 Å². The molecule has 0 amide bonds. The summed E-state index contributed by atoms with van der Waals surface area (Å²) < 4.78 is 0. The van der Waals surface area contributed by atoms with Crippen LogP contribution < -0.4 is 5.73 Å². The van der Waals surface area contributed by atoms with Gasteiger partial charge in [-0.2, -0.15) is 0 Å². The van der Waals surface area contributed by atoms with Gasteiger partial charge in [0.15, 0.2) is 0 Å². The van der Waals surface area contributed by atoms with E-state index in [4.69, 9.17) is 10.8 Å². The SMILES string of the molecule is NC1C=Cc2ccccc2C1C(=O)O. The van der Waals surface area contributed by atoms with E-state index in [1.165, 1.54) is 0 Å². The number of aliphatic carboxylic acids is 1. The number of carbonyl (C=O) groups is 1. The molecule has 3 nitrogen and oxygen atoms in total. The number of fused-ring (bicyclic) bond motifs is 1. The molecule has 0 saturated carbocycles. The van der Waals surface area contributed by atoms with Gasteiger partial charge in [-0.25, -0.2) is 0 Å². The van der Waals surface area contributed by atoms with Gasteiger partial charge >= 0.3 is 5.97 Å². The van der Waals surface area contributed by atoms with Gasteiger partial charge in [0.2, 0.25) is 0 Å². The van der Waals surface area contributed by atoms with Gasteiger partial charge in [-0.15, -0.1) is 0 Å². The van der Waals surface area contributed by atoms with Gasteiger partial charge in [0, 0.05) is 6.04 Å². The quantitative estimate of drug-likeness (QED) is 0.698. The van der Waals surface area contributed by atoms with E-state index in [9.17, 15) is 4.79 Å². The second-order valence-electron chi connectivity index (χ2n) is 3.38. The zero-order valence-corrected chi connectivity index (χ0v) is 7.55. The highest BCUT2D eigenvalue weighted by atomic mass is 16.4. The van der Waals surface area contributed by atoms with Crippen molar-refractivity contribution < 1.29 is 9.90 Å². The minimum absolute atomic E-state index is 0.428. The third-order valence-electron chi connectivity index (χ3n) is 2.48. The summed E-state index contributed by atoms with van der Waals surface area (Å²) in [5, 5.41) is 9.04. The standard InChI is InChI=1S/C11H11NO2/c12-9-6-5-7-3-1-2-4-8(7)10(9)11(13)14/h1-6,9-10H,12H2,(H,13,14). The van der Waals surface area contributed by atoms with Crippen LogP contribution in [0.2, 0.25) is 0 Å². The largest absolute Gasteiger partial charge is 0.481 e. The van der Waals surface area contributed by atoms with Crippen LogP contribution in [0.3, 0.4) is 0 Å². The highest BCUT2D eigenvalue weighted by molar-refractivity contribution is 5.81. The average Bonchev–Trinajstić information content (AvgIpc) is 2.17. The van der Waals surface area contributed by atoms with Crippen molar-refractivity contribution in [3.8, 4) is 0 Å². The van der Waals surface area contributed by atoms with Crippen LogP contribution in [-0.2, 0) is 4.79 Å². The smallest absolute Gasteiger partial charge is 0.312 e. The van der Waals surface area contributed by atoms with Crippen molar-refractivity contribution in [3.63, 3.8) is 0 Å². The van der Waals surface area contributed by atoms with Gasteiger partial charge in [0.1, 0.15) is 5.92 Å². The first-order chi connectivity index (χ1) is 6.70. The number of rotatable bonds is 1. The minimum Gasteiger partial charge on any atom is -0.481 e. The van der Waals surface area contributed by atoms with Crippen LogP contribution in [0.5, 0.6) is 0 Å². The van der Waals surface area contributed by atoms with Crippen LogP contribution in [0.25, 0.3) is 6.08 Å². The van der Waals surface area contributed by atoms with Crippen molar-refractivity contribution in [2.45, 2.75) is 12.0 Å². The molecule has 72 valence electrons. The van der Waals surface area contributed by atoms with Crippen molar-refractivity contribution in [3.05, 3.63) is 41.5 Å². The lowest BCUT2D eigenvalue weighted by atomic mass is 9.84. The second-order valence-corrected chi connectivity index (χ2v) is 3.38. The molecule has 1 aliphatic carbocycles. The second kappa shape index (κ2) is 3.27. The Labute approximate surface area is 81.9 Å². The van der Waals surface area contributed by atoms with Gasteiger partial charge in [0.05, 0.1) is 0 Å². The summed E-state index contributed by atoms with van der Waals surface area (Å²) in [5.41, 5.74) is 7.47. The molecule has 14 heavy (non-hydrogen) atoms. The Kier molecular flexibility index (Phi) is 2.09. The third-order valence-corrected chi connectivity index (χ3v) is 2.48. The van der Waals surface area contributed by atoms with Gasteiger partial charge in [-0.1, -0.05) is 36.4 Å². The highest BCUT2D eigenvalue weighted by Gasteiger charge is 2.29. The van der Waals surface area contributed by atoms with Gasteiger partial charge in [0.25, 0.3) is 0 Å². The summed E-state index contributed by atoms with van der Waals surface area (Å²) in [7, 11) is 0. The van der Waals surface area contributed by atoms with E-state index in [2.05, 4.69) is 0 Å². The molecule has 0 spiro atoms. The van der Waals surface area contributed by atoms with E-state index in [1.54, 1.807) is 6.08 Å². The van der Waals surface area contributed by atoms with Crippen LogP contribution in [0.4, 0.5) is 0 Å². The minimum atomic E-state index is -0.866. The monoisotopic (exact) mass is 189 g/mol. The number of nitrogens with two attached hydrogens (primary N) is 1. The van der Waals surface area contributed by atoms with Crippen LogP contribution in [0.15, 0.2) is 30.3 Å². The Morgan fingerprint density at radius 1 is 1.36 bits per heavy atom. The van der Waals surface area contributed by atoms with Gasteiger partial charge in [-0.05, 0) is 11.1 Å². The predicted molar refractivity (Wildman–Crippen MR) is 53.8 cm³/mol. The first-order valence-corrected chi connectivity index (χ1v) is 4.45. The molecule has 0 heterocycles. The van der Waals surface area contributed by atoms with Crippen LogP contribution in [-0.4, -0.2) is 17.1 Å². The summed E-state index contributed by atoms with van der Waals surface area (Å²) in [6, 6.07) is 7.01. The van der Waals surface area contributed by atoms with Gasteiger partial charge in [-0.3, -0.25) is 4.79 Å². The van der Waals surface area contributed by atoms with Crippen molar-refractivity contribution in [1.82, 2.24) is 0 Å². The molecular formula is C11H11NO2. The summed E-state index contributed by atoms with van der Waals surface area (Å²) in [4.78, 5) is 11.0. The summed E-state index contributed by atoms with van der Waals surface area (Å²) in [6.07, 6.45) is 3.61. The lowest BCUT2D eigenvalue weighted by molar-refractivity contribution is -0.139. The normalized spacial score (nSPS) is 24.4. The van der Waals surface area contributed by atoms with Gasteiger partial charge < -0.3 is 10.8 Å². The van der Waals surface area contributed by atoms with E-state index in [1.807, 2.05) is 30.3 Å². The molecule has 1 aliphatic rings. The number of hydrogen-bond acceptors (Lipinski definition) is 2. The van der Waals surface area contributed by atoms with E-state index < -0.39 is 17.9 Å². The molecular weight excluding hydrogens is 178 g/mol. The molecule has 2 atom stereocenters. The maximum atomic E-state index is 11.0. The first-order valence-electron chi connectivity index (χ1n) is 4.45. The van der Waals surface area contributed by atoms with E-state index in [0.717, 1.165) is 11.1 Å². The Morgan fingerprint density at radius 2 is 2.07 bits per heavy atom. The molecule has 0 aromatic heterocycles. The van der Waals surface area contributed by atoms with Crippen LogP contribution in [0.1, 0.15) is 17.0 Å². The molecule has 3 N–H and O–H groups in total. The highest BCUT2D eigenvalue weighted by Crippen LogP contribution is 2.28. The molecule has 0 bridgehead atoms. The zero-order valence-electron chi connectivity index (χ0n) is 7.55. The molecule has 3 heteroatoms. The third kappa shape index (κ3) is 1.32. The number of hydrogen-bond donors (Lipinski definition) is 2. The predicted octanol–water partition coefficient (Wildman–Crippen LogP) is 1.21. The molecule has 0 saturated heterocycles. The maximum Gasteiger partial charge on any atom is 0.312 e. The van der Waals surface area contributed by atoms with Crippen molar-refractivity contribution in [2.75, 3.05) is 0 Å². The molecule has 2 rings (SSSR count). The number of benzene rings is 1. The lowest BCUT2D eigenvalue weighted by Crippen LogP contribution is -2.34. The molecule has 1 aromatic carbocycles. The zero-order chi connectivity index (χ0) is 10.1. The number of carboxylic acid groups (broad SMARTS) is 1. The summed E-state index contributed by atoms with van der Waals surface area (Å²) in [6.45, 7) is 0. The van der Waals surface area contributed by atoms with Crippen molar-refractivity contribution >= 4 is 12.0 Å². The first kappa shape index (κ1) is 8.97. The average molecular weight is 189 g/mol. The van der Waals surface area contributed by atoms with E-state index in [-0.39, 0.29) is 0 Å². The Morgan fingerprint density at radius 3 is 2.79 bits per heavy atom. The van der Waals surface area contributed by atoms with Crippen LogP contribution >= 0.6 is 0 Å². The molecule has 0 radical (unpaired) electrons. The summed E-state index contributed by atoms with van der Waals surface area (Å²) in [5.74, 6) is -1.48. The Bertz CT molecular complexity index is 398. The Balaban J connectivity index is 2.53. The van der Waals surface area contributed by atoms with E-state index in [0.29, 0.717) is 0 Å².